The second-order valence-corrected chi connectivity index (χ2v) is 4.03. The lowest BCUT2D eigenvalue weighted by atomic mass is 10.1. The van der Waals surface area contributed by atoms with Crippen molar-refractivity contribution in [1.82, 2.24) is 4.98 Å². The van der Waals surface area contributed by atoms with Gasteiger partial charge in [0.15, 0.2) is 0 Å². The Morgan fingerprint density at radius 3 is 2.38 bits per heavy atom. The number of rotatable bonds is 3. The Kier molecular flexibility index (Phi) is 3.54. The van der Waals surface area contributed by atoms with Gasteiger partial charge in [0.25, 0.3) is 0 Å². The third-order valence-electron chi connectivity index (χ3n) is 2.41. The first kappa shape index (κ1) is 11.1. The van der Waals surface area contributed by atoms with Crippen LogP contribution in [-0.2, 0) is 6.42 Å². The molecule has 0 saturated heterocycles. The number of hydrogen-bond acceptors (Lipinski definition) is 2. The molecule has 2 N–H and O–H groups in total. The molecule has 0 unspecified atom stereocenters. The van der Waals surface area contributed by atoms with E-state index in [-0.39, 0.29) is 0 Å². The summed E-state index contributed by atoms with van der Waals surface area (Å²) in [5, 5.41) is 0.656. The van der Waals surface area contributed by atoms with E-state index in [1.165, 1.54) is 5.56 Å². The summed E-state index contributed by atoms with van der Waals surface area (Å²) in [4.78, 5) is 4.27. The van der Waals surface area contributed by atoms with Crippen LogP contribution in [0.4, 0.5) is 0 Å². The highest BCUT2D eigenvalue weighted by molar-refractivity contribution is 6.30. The Morgan fingerprint density at radius 1 is 1.06 bits per heavy atom. The van der Waals surface area contributed by atoms with Gasteiger partial charge >= 0.3 is 0 Å². The van der Waals surface area contributed by atoms with Crippen molar-refractivity contribution >= 4 is 11.6 Å². The van der Waals surface area contributed by atoms with Crippen molar-refractivity contribution in [3.05, 3.63) is 53.2 Å². The maximum absolute atomic E-state index is 5.79. The van der Waals surface area contributed by atoms with E-state index in [2.05, 4.69) is 29.2 Å². The minimum absolute atomic E-state index is 0.656. The highest BCUT2D eigenvalue weighted by Gasteiger charge is 1.99. The lowest BCUT2D eigenvalue weighted by Crippen LogP contribution is -2.02. The Hall–Kier alpha value is -1.38. The van der Waals surface area contributed by atoms with Crippen molar-refractivity contribution in [2.75, 3.05) is 6.54 Å². The van der Waals surface area contributed by atoms with Gasteiger partial charge in [0.05, 0.1) is 10.7 Å². The van der Waals surface area contributed by atoms with Crippen LogP contribution in [0, 0.1) is 0 Å². The summed E-state index contributed by atoms with van der Waals surface area (Å²) in [7, 11) is 0. The summed E-state index contributed by atoms with van der Waals surface area (Å²) in [6, 6.07) is 12.0. The molecule has 16 heavy (non-hydrogen) atoms. The van der Waals surface area contributed by atoms with Crippen LogP contribution in [0.5, 0.6) is 0 Å². The van der Waals surface area contributed by atoms with E-state index in [1.54, 1.807) is 6.20 Å². The van der Waals surface area contributed by atoms with E-state index in [4.69, 9.17) is 17.3 Å². The standard InChI is InChI=1S/C13H13ClN2/c14-12-5-6-13(16-9-12)11-3-1-10(2-4-11)7-8-15/h1-6,9H,7-8,15H2. The fraction of sp³-hybridized carbons (Fsp3) is 0.154. The first-order valence-corrected chi connectivity index (χ1v) is 5.58. The van der Waals surface area contributed by atoms with E-state index in [0.29, 0.717) is 11.6 Å². The van der Waals surface area contributed by atoms with Gasteiger partial charge in [0.2, 0.25) is 0 Å². The molecule has 1 aromatic carbocycles. The van der Waals surface area contributed by atoms with Gasteiger partial charge in [-0.25, -0.2) is 0 Å². The Balaban J connectivity index is 2.24. The van der Waals surface area contributed by atoms with Crippen molar-refractivity contribution in [3.8, 4) is 11.3 Å². The molecular formula is C13H13ClN2. The van der Waals surface area contributed by atoms with Gasteiger partial charge in [-0.3, -0.25) is 4.98 Å². The smallest absolute Gasteiger partial charge is 0.0703 e. The molecule has 0 atom stereocenters. The fourth-order valence-electron chi connectivity index (χ4n) is 1.56. The molecule has 0 saturated carbocycles. The summed E-state index contributed by atoms with van der Waals surface area (Å²) in [5.41, 5.74) is 8.78. The molecule has 1 heterocycles. The van der Waals surface area contributed by atoms with Gasteiger partial charge in [-0.05, 0) is 30.7 Å². The number of pyridine rings is 1. The minimum atomic E-state index is 0.656. The second-order valence-electron chi connectivity index (χ2n) is 3.60. The quantitative estimate of drug-likeness (QED) is 0.884. The van der Waals surface area contributed by atoms with E-state index in [1.807, 2.05) is 12.1 Å². The topological polar surface area (TPSA) is 38.9 Å². The Labute approximate surface area is 100 Å². The molecule has 0 aliphatic carbocycles. The van der Waals surface area contributed by atoms with Gasteiger partial charge in [-0.15, -0.1) is 0 Å². The molecule has 2 rings (SSSR count). The third kappa shape index (κ3) is 2.60. The Morgan fingerprint density at radius 2 is 1.81 bits per heavy atom. The third-order valence-corrected chi connectivity index (χ3v) is 2.63. The number of nitrogens with zero attached hydrogens (tertiary/aromatic N) is 1. The maximum Gasteiger partial charge on any atom is 0.0703 e. The summed E-state index contributed by atoms with van der Waals surface area (Å²) in [5.74, 6) is 0. The van der Waals surface area contributed by atoms with Crippen molar-refractivity contribution in [3.63, 3.8) is 0 Å². The van der Waals surface area contributed by atoms with E-state index >= 15 is 0 Å². The molecule has 0 aliphatic rings. The van der Waals surface area contributed by atoms with E-state index in [9.17, 15) is 0 Å². The fourth-order valence-corrected chi connectivity index (χ4v) is 1.67. The zero-order valence-electron chi connectivity index (χ0n) is 8.86. The summed E-state index contributed by atoms with van der Waals surface area (Å²) >= 11 is 5.79. The average Bonchev–Trinajstić information content (AvgIpc) is 2.32. The zero-order chi connectivity index (χ0) is 11.4. The normalized spacial score (nSPS) is 10.4. The predicted octanol–water partition coefficient (Wildman–Crippen LogP) is 2.90. The van der Waals surface area contributed by atoms with Crippen molar-refractivity contribution < 1.29 is 0 Å². The molecule has 0 amide bonds. The van der Waals surface area contributed by atoms with Gasteiger partial charge in [0.1, 0.15) is 0 Å². The molecule has 3 heteroatoms. The lowest BCUT2D eigenvalue weighted by Gasteiger charge is -2.03. The summed E-state index contributed by atoms with van der Waals surface area (Å²) < 4.78 is 0. The highest BCUT2D eigenvalue weighted by Crippen LogP contribution is 2.19. The summed E-state index contributed by atoms with van der Waals surface area (Å²) in [6.07, 6.45) is 2.57. The van der Waals surface area contributed by atoms with Crippen LogP contribution in [-0.4, -0.2) is 11.5 Å². The van der Waals surface area contributed by atoms with Crippen LogP contribution in [0.15, 0.2) is 42.6 Å². The molecule has 2 nitrogen and oxygen atoms in total. The predicted molar refractivity (Wildman–Crippen MR) is 67.4 cm³/mol. The van der Waals surface area contributed by atoms with Crippen LogP contribution in [0.2, 0.25) is 5.02 Å². The number of halogens is 1. The van der Waals surface area contributed by atoms with Gasteiger partial charge in [-0.1, -0.05) is 35.9 Å². The SMILES string of the molecule is NCCc1ccc(-c2ccc(Cl)cn2)cc1. The molecule has 0 aliphatic heterocycles. The molecule has 0 spiro atoms. The van der Waals surface area contributed by atoms with Crippen LogP contribution in [0.3, 0.4) is 0 Å². The van der Waals surface area contributed by atoms with Crippen molar-refractivity contribution in [1.29, 1.82) is 0 Å². The van der Waals surface area contributed by atoms with E-state index < -0.39 is 0 Å². The van der Waals surface area contributed by atoms with Crippen LogP contribution in [0.25, 0.3) is 11.3 Å². The zero-order valence-corrected chi connectivity index (χ0v) is 9.61. The number of aromatic nitrogens is 1. The lowest BCUT2D eigenvalue weighted by molar-refractivity contribution is 0.969. The monoisotopic (exact) mass is 232 g/mol. The summed E-state index contributed by atoms with van der Waals surface area (Å²) in [6.45, 7) is 0.679. The van der Waals surface area contributed by atoms with Crippen molar-refractivity contribution in [2.24, 2.45) is 5.73 Å². The number of hydrogen-bond donors (Lipinski definition) is 1. The molecule has 0 bridgehead atoms. The van der Waals surface area contributed by atoms with Gasteiger partial charge in [-0.2, -0.15) is 0 Å². The molecule has 0 radical (unpaired) electrons. The molecule has 0 fully saturated rings. The number of nitrogens with two attached hydrogens (primary N) is 1. The van der Waals surface area contributed by atoms with E-state index in [0.717, 1.165) is 17.7 Å². The largest absolute Gasteiger partial charge is 0.330 e. The molecule has 82 valence electrons. The molecule has 1 aromatic heterocycles. The Bertz CT molecular complexity index is 448. The van der Waals surface area contributed by atoms with Crippen LogP contribution >= 0.6 is 11.6 Å². The van der Waals surface area contributed by atoms with Gasteiger partial charge in [0, 0.05) is 11.8 Å². The first-order chi connectivity index (χ1) is 7.79. The van der Waals surface area contributed by atoms with Crippen LogP contribution < -0.4 is 5.73 Å². The second kappa shape index (κ2) is 5.10. The average molecular weight is 233 g/mol. The molecular weight excluding hydrogens is 220 g/mol. The maximum atomic E-state index is 5.79. The molecule has 2 aromatic rings. The number of benzene rings is 1. The van der Waals surface area contributed by atoms with Crippen LogP contribution in [0.1, 0.15) is 5.56 Å². The minimum Gasteiger partial charge on any atom is -0.330 e. The van der Waals surface area contributed by atoms with Crippen molar-refractivity contribution in [2.45, 2.75) is 6.42 Å². The highest BCUT2D eigenvalue weighted by atomic mass is 35.5. The van der Waals surface area contributed by atoms with Gasteiger partial charge < -0.3 is 5.73 Å². The first-order valence-electron chi connectivity index (χ1n) is 5.20.